The van der Waals surface area contributed by atoms with Gasteiger partial charge in [-0.2, -0.15) is 0 Å². The number of halogens is 2. The largest absolute Gasteiger partial charge is 0.465 e. The molecule has 3 rings (SSSR count). The number of hydrogen-bond donors (Lipinski definition) is 4. The molecule has 214 valence electrons. The number of carboxylic acid groups (broad SMARTS) is 1. The third-order valence-electron chi connectivity index (χ3n) is 7.86. The molecule has 0 aromatic heterocycles. The molecular weight excluding hydrogens is 502 g/mol. The average molecular weight is 543 g/mol. The standard InChI is InChI=1S/C26H40F2N4O6/c1-15(2)19(31-24(37)38)23(36)32-14-26(10-5-4-6-11-26)13-18(32)21(34)30-17(9-12-25(3,27)28)20(33)22(35)29-16-7-8-16/h15-19,31H,4-14H2,1-3H3,(H,29,35)(H,30,34)(H,37,38)/t17?,18-,19?/m0/s1. The van der Waals surface area contributed by atoms with Gasteiger partial charge in [0.1, 0.15) is 12.1 Å². The predicted octanol–water partition coefficient (Wildman–Crippen LogP) is 2.60. The highest BCUT2D eigenvalue weighted by Crippen LogP contribution is 2.46. The van der Waals surface area contributed by atoms with Crippen molar-refractivity contribution in [3.63, 3.8) is 0 Å². The lowest BCUT2D eigenvalue weighted by molar-refractivity contribution is -0.143. The lowest BCUT2D eigenvalue weighted by Gasteiger charge is -2.34. The smallest absolute Gasteiger partial charge is 0.405 e. The van der Waals surface area contributed by atoms with Crippen molar-refractivity contribution in [1.82, 2.24) is 20.9 Å². The van der Waals surface area contributed by atoms with Crippen LogP contribution in [0.1, 0.15) is 85.0 Å². The van der Waals surface area contributed by atoms with E-state index in [9.17, 15) is 37.9 Å². The summed E-state index contributed by atoms with van der Waals surface area (Å²) in [6.07, 6.45) is 3.77. The molecule has 1 saturated heterocycles. The number of ketones is 1. The zero-order valence-corrected chi connectivity index (χ0v) is 22.4. The van der Waals surface area contributed by atoms with Gasteiger partial charge in [0.2, 0.25) is 23.5 Å². The molecule has 4 N–H and O–H groups in total. The van der Waals surface area contributed by atoms with Gasteiger partial charge >= 0.3 is 6.09 Å². The summed E-state index contributed by atoms with van der Waals surface area (Å²) in [6.45, 7) is 4.35. The summed E-state index contributed by atoms with van der Waals surface area (Å²) in [6, 6.07) is -3.69. The van der Waals surface area contributed by atoms with E-state index in [1.165, 1.54) is 4.90 Å². The maximum Gasteiger partial charge on any atom is 0.405 e. The van der Waals surface area contributed by atoms with Crippen molar-refractivity contribution in [3.8, 4) is 0 Å². The summed E-state index contributed by atoms with van der Waals surface area (Å²) in [5.41, 5.74) is -0.319. The number of hydrogen-bond acceptors (Lipinski definition) is 5. The van der Waals surface area contributed by atoms with Gasteiger partial charge in [0, 0.05) is 19.0 Å². The Balaban J connectivity index is 1.83. The second-order valence-electron chi connectivity index (χ2n) is 11.7. The summed E-state index contributed by atoms with van der Waals surface area (Å²) in [7, 11) is 0. The van der Waals surface area contributed by atoms with E-state index in [-0.39, 0.29) is 18.0 Å². The second kappa shape index (κ2) is 11.9. The second-order valence-corrected chi connectivity index (χ2v) is 11.7. The minimum absolute atomic E-state index is 0.126. The monoisotopic (exact) mass is 542 g/mol. The topological polar surface area (TPSA) is 145 Å². The summed E-state index contributed by atoms with van der Waals surface area (Å²) in [5.74, 6) is -6.66. The molecule has 2 aliphatic carbocycles. The fraction of sp³-hybridized carbons (Fsp3) is 0.808. The van der Waals surface area contributed by atoms with Crippen LogP contribution < -0.4 is 16.0 Å². The van der Waals surface area contributed by atoms with Crippen molar-refractivity contribution in [3.05, 3.63) is 0 Å². The third kappa shape index (κ3) is 7.86. The quantitative estimate of drug-likeness (QED) is 0.296. The van der Waals surface area contributed by atoms with E-state index >= 15 is 0 Å². The normalized spacial score (nSPS) is 22.6. The van der Waals surface area contributed by atoms with Gasteiger partial charge in [0.05, 0.1) is 6.04 Å². The van der Waals surface area contributed by atoms with E-state index in [2.05, 4.69) is 16.0 Å². The van der Waals surface area contributed by atoms with Crippen LogP contribution in [0.5, 0.6) is 0 Å². The Morgan fingerprint density at radius 2 is 1.68 bits per heavy atom. The molecule has 1 spiro atoms. The lowest BCUT2D eigenvalue weighted by Crippen LogP contribution is -2.57. The molecule has 4 amide bonds. The highest BCUT2D eigenvalue weighted by Gasteiger charge is 2.51. The van der Waals surface area contributed by atoms with Gasteiger partial charge in [0.15, 0.2) is 0 Å². The zero-order chi connectivity index (χ0) is 28.3. The Bertz CT molecular complexity index is 927. The van der Waals surface area contributed by atoms with Gasteiger partial charge in [-0.3, -0.25) is 19.2 Å². The van der Waals surface area contributed by atoms with Crippen LogP contribution in [0.2, 0.25) is 0 Å². The maximum atomic E-state index is 13.6. The van der Waals surface area contributed by atoms with E-state index in [1.54, 1.807) is 13.8 Å². The van der Waals surface area contributed by atoms with Crippen LogP contribution in [0.15, 0.2) is 0 Å². The molecule has 0 bridgehead atoms. The van der Waals surface area contributed by atoms with E-state index in [0.717, 1.165) is 44.9 Å². The van der Waals surface area contributed by atoms with Crippen molar-refractivity contribution in [2.45, 2.75) is 115 Å². The Labute approximate surface area is 221 Å². The summed E-state index contributed by atoms with van der Waals surface area (Å²) in [4.78, 5) is 65.2. The zero-order valence-electron chi connectivity index (χ0n) is 22.4. The number of nitrogens with zero attached hydrogens (tertiary/aromatic N) is 1. The van der Waals surface area contributed by atoms with Crippen LogP contribution >= 0.6 is 0 Å². The first-order valence-corrected chi connectivity index (χ1v) is 13.5. The van der Waals surface area contributed by atoms with E-state index in [4.69, 9.17) is 0 Å². The summed E-state index contributed by atoms with van der Waals surface area (Å²) in [5, 5.41) is 16.6. The van der Waals surface area contributed by atoms with Crippen molar-refractivity contribution in [1.29, 1.82) is 0 Å². The van der Waals surface area contributed by atoms with Crippen LogP contribution in [0, 0.1) is 11.3 Å². The number of Topliss-reactive ketones (excluding diaryl/α,β-unsaturated/α-hetero) is 1. The maximum absolute atomic E-state index is 13.6. The molecule has 0 radical (unpaired) electrons. The van der Waals surface area contributed by atoms with Crippen molar-refractivity contribution < 1.29 is 37.9 Å². The van der Waals surface area contributed by atoms with Gasteiger partial charge in [-0.05, 0) is 56.8 Å². The van der Waals surface area contributed by atoms with Gasteiger partial charge in [-0.1, -0.05) is 33.1 Å². The molecule has 1 aliphatic heterocycles. The summed E-state index contributed by atoms with van der Waals surface area (Å²) < 4.78 is 27.3. The Hall–Kier alpha value is -2.79. The molecule has 3 atom stereocenters. The Morgan fingerprint density at radius 3 is 2.21 bits per heavy atom. The predicted molar refractivity (Wildman–Crippen MR) is 133 cm³/mol. The Kier molecular flexibility index (Phi) is 9.35. The van der Waals surface area contributed by atoms with Crippen LogP contribution in [0.4, 0.5) is 13.6 Å². The van der Waals surface area contributed by atoms with Gasteiger partial charge in [0.25, 0.3) is 5.91 Å². The number of amides is 4. The van der Waals surface area contributed by atoms with E-state index < -0.39 is 72.4 Å². The highest BCUT2D eigenvalue weighted by atomic mass is 19.3. The molecule has 2 unspecified atom stereocenters. The molecule has 0 aromatic carbocycles. The fourth-order valence-corrected chi connectivity index (χ4v) is 5.59. The first-order chi connectivity index (χ1) is 17.7. The van der Waals surface area contributed by atoms with Crippen LogP contribution in [0.3, 0.4) is 0 Å². The summed E-state index contributed by atoms with van der Waals surface area (Å²) >= 11 is 0. The Morgan fingerprint density at radius 1 is 1.05 bits per heavy atom. The number of carbonyl (C=O) groups is 5. The molecule has 10 nitrogen and oxygen atoms in total. The molecule has 38 heavy (non-hydrogen) atoms. The van der Waals surface area contributed by atoms with Crippen molar-refractivity contribution >= 4 is 29.6 Å². The molecule has 3 fully saturated rings. The molecule has 12 heteroatoms. The van der Waals surface area contributed by atoms with Crippen LogP contribution in [-0.4, -0.2) is 76.2 Å². The molecule has 2 saturated carbocycles. The molecule has 1 heterocycles. The number of nitrogens with one attached hydrogen (secondary N) is 3. The minimum Gasteiger partial charge on any atom is -0.465 e. The van der Waals surface area contributed by atoms with Crippen molar-refractivity contribution in [2.24, 2.45) is 11.3 Å². The first kappa shape index (κ1) is 29.8. The number of carbonyl (C=O) groups excluding carboxylic acids is 4. The van der Waals surface area contributed by atoms with E-state index in [0.29, 0.717) is 13.3 Å². The number of likely N-dealkylation sites (tertiary alicyclic amines) is 1. The van der Waals surface area contributed by atoms with Gasteiger partial charge < -0.3 is 26.0 Å². The SMILES string of the molecule is CC(C)C(NC(=O)O)C(=O)N1CC2(CCCCC2)C[C@H]1C(=O)NC(CCC(C)(F)F)C(=O)C(=O)NC1CC1. The van der Waals surface area contributed by atoms with Gasteiger partial charge in [-0.25, -0.2) is 13.6 Å². The van der Waals surface area contributed by atoms with Crippen LogP contribution in [-0.2, 0) is 19.2 Å². The molecule has 3 aliphatic rings. The third-order valence-corrected chi connectivity index (χ3v) is 7.86. The fourth-order valence-electron chi connectivity index (χ4n) is 5.59. The molecular formula is C26H40F2N4O6. The average Bonchev–Trinajstić information content (AvgIpc) is 3.57. The molecule has 0 aromatic rings. The number of rotatable bonds is 11. The van der Waals surface area contributed by atoms with Crippen LogP contribution in [0.25, 0.3) is 0 Å². The van der Waals surface area contributed by atoms with E-state index in [1.807, 2.05) is 0 Å². The van der Waals surface area contributed by atoms with Gasteiger partial charge in [-0.15, -0.1) is 0 Å². The minimum atomic E-state index is -3.11. The highest BCUT2D eigenvalue weighted by molar-refractivity contribution is 6.38. The van der Waals surface area contributed by atoms with Crippen molar-refractivity contribution in [2.75, 3.05) is 6.54 Å². The first-order valence-electron chi connectivity index (χ1n) is 13.5. The lowest BCUT2D eigenvalue weighted by atomic mass is 9.72. The number of alkyl halides is 2.